The van der Waals surface area contributed by atoms with Crippen LogP contribution in [0, 0.1) is 6.92 Å². The highest BCUT2D eigenvalue weighted by Crippen LogP contribution is 2.33. The van der Waals surface area contributed by atoms with Crippen molar-refractivity contribution in [2.75, 3.05) is 11.9 Å². The van der Waals surface area contributed by atoms with Crippen LogP contribution in [-0.4, -0.2) is 32.6 Å². The van der Waals surface area contributed by atoms with E-state index in [2.05, 4.69) is 10.3 Å². The van der Waals surface area contributed by atoms with Gasteiger partial charge in [0.05, 0.1) is 4.91 Å². The number of benzene rings is 2. The smallest absolute Gasteiger partial charge is 0.266 e. The number of carbonyl (C=O) groups is 2. The molecule has 5 nitrogen and oxygen atoms in total. The number of anilines is 1. The van der Waals surface area contributed by atoms with E-state index in [0.29, 0.717) is 38.8 Å². The summed E-state index contributed by atoms with van der Waals surface area (Å²) in [5, 5.41) is 4.11. The zero-order valence-electron chi connectivity index (χ0n) is 18.4. The first-order valence-corrected chi connectivity index (χ1v) is 13.1. The molecule has 1 fully saturated rings. The van der Waals surface area contributed by atoms with E-state index in [4.69, 9.17) is 23.8 Å². The first-order chi connectivity index (χ1) is 16.4. The molecular weight excluding hydrogens is 506 g/mol. The molecule has 0 aliphatic carbocycles. The molecule has 174 valence electrons. The molecule has 0 atom stereocenters. The molecule has 34 heavy (non-hydrogen) atoms. The highest BCUT2D eigenvalue weighted by Gasteiger charge is 2.31. The van der Waals surface area contributed by atoms with Crippen molar-refractivity contribution in [1.82, 2.24) is 9.88 Å². The first kappa shape index (κ1) is 24.6. The van der Waals surface area contributed by atoms with Gasteiger partial charge >= 0.3 is 0 Å². The van der Waals surface area contributed by atoms with Gasteiger partial charge in [0.2, 0.25) is 5.91 Å². The lowest BCUT2D eigenvalue weighted by molar-refractivity contribution is -0.122. The number of nitrogens with zero attached hydrogens (tertiary/aromatic N) is 2. The van der Waals surface area contributed by atoms with E-state index in [1.54, 1.807) is 11.1 Å². The van der Waals surface area contributed by atoms with Crippen LogP contribution in [0.5, 0.6) is 0 Å². The Morgan fingerprint density at radius 1 is 1.21 bits per heavy atom. The second-order valence-electron chi connectivity index (χ2n) is 7.80. The maximum absolute atomic E-state index is 12.8. The van der Waals surface area contributed by atoms with E-state index in [1.165, 1.54) is 23.1 Å². The third-order valence-electron chi connectivity index (χ3n) is 5.16. The number of hydrogen-bond donors (Lipinski definition) is 1. The van der Waals surface area contributed by atoms with Gasteiger partial charge in [-0.15, -0.1) is 11.3 Å². The Labute approximate surface area is 217 Å². The van der Waals surface area contributed by atoms with Crippen LogP contribution < -0.4 is 5.32 Å². The van der Waals surface area contributed by atoms with Crippen LogP contribution >= 0.6 is 46.9 Å². The Hall–Kier alpha value is -2.52. The molecule has 1 N–H and O–H groups in total. The molecule has 0 unspecified atom stereocenters. The standard InChI is InChI=1S/C25H22ClN3O2S3/c1-16-8-10-17(11-9-16)13-21-23(31)29(25(32)34-21)12-4-7-22(30)28-24-27-15-19(33-24)14-18-5-2-3-6-20(18)26/h2-3,5-6,8-11,13,15H,4,7,12,14H2,1H3,(H,27,28,30)/b21-13-. The van der Waals surface area contributed by atoms with Gasteiger partial charge in [-0.2, -0.15) is 0 Å². The summed E-state index contributed by atoms with van der Waals surface area (Å²) in [6.45, 7) is 2.42. The summed E-state index contributed by atoms with van der Waals surface area (Å²) in [5.74, 6) is -0.251. The van der Waals surface area contributed by atoms with Gasteiger partial charge < -0.3 is 5.32 Å². The number of thioether (sulfide) groups is 1. The number of aromatic nitrogens is 1. The summed E-state index contributed by atoms with van der Waals surface area (Å²) in [5.41, 5.74) is 3.14. The van der Waals surface area contributed by atoms with Crippen molar-refractivity contribution in [1.29, 1.82) is 0 Å². The summed E-state index contributed by atoms with van der Waals surface area (Å²) >= 11 is 14.3. The molecule has 1 saturated heterocycles. The predicted octanol–water partition coefficient (Wildman–Crippen LogP) is 6.32. The molecule has 9 heteroatoms. The molecular formula is C25H22ClN3O2S3. The normalized spacial score (nSPS) is 14.8. The number of carbonyl (C=O) groups excluding carboxylic acids is 2. The average molecular weight is 528 g/mol. The van der Waals surface area contributed by atoms with Gasteiger partial charge in [-0.25, -0.2) is 4.98 Å². The topological polar surface area (TPSA) is 62.3 Å². The zero-order chi connectivity index (χ0) is 24.1. The quantitative estimate of drug-likeness (QED) is 0.274. The average Bonchev–Trinajstić information content (AvgIpc) is 3.35. The fourth-order valence-electron chi connectivity index (χ4n) is 3.36. The van der Waals surface area contributed by atoms with Crippen LogP contribution in [0.1, 0.15) is 34.4 Å². The Kier molecular flexibility index (Phi) is 8.15. The Morgan fingerprint density at radius 3 is 2.74 bits per heavy atom. The van der Waals surface area contributed by atoms with Gasteiger partial charge in [-0.05, 0) is 36.6 Å². The molecule has 4 rings (SSSR count). The fourth-order valence-corrected chi connectivity index (χ4v) is 5.73. The Balaban J connectivity index is 1.26. The van der Waals surface area contributed by atoms with Crippen LogP contribution in [-0.2, 0) is 16.0 Å². The number of thiocarbonyl (C=S) groups is 1. The minimum absolute atomic E-state index is 0.111. The number of halogens is 1. The van der Waals surface area contributed by atoms with Crippen LogP contribution in [0.4, 0.5) is 5.13 Å². The van der Waals surface area contributed by atoms with E-state index in [9.17, 15) is 9.59 Å². The molecule has 2 aromatic carbocycles. The van der Waals surface area contributed by atoms with Gasteiger partial charge in [0, 0.05) is 35.5 Å². The van der Waals surface area contributed by atoms with Crippen molar-refractivity contribution >= 4 is 74.3 Å². The van der Waals surface area contributed by atoms with E-state index < -0.39 is 0 Å². The van der Waals surface area contributed by atoms with Crippen molar-refractivity contribution < 1.29 is 9.59 Å². The maximum atomic E-state index is 12.8. The van der Waals surface area contributed by atoms with Gasteiger partial charge in [0.25, 0.3) is 5.91 Å². The van der Waals surface area contributed by atoms with Crippen molar-refractivity contribution in [2.24, 2.45) is 0 Å². The summed E-state index contributed by atoms with van der Waals surface area (Å²) < 4.78 is 0.521. The summed E-state index contributed by atoms with van der Waals surface area (Å²) in [4.78, 5) is 32.6. The molecule has 1 aliphatic rings. The van der Waals surface area contributed by atoms with E-state index in [0.717, 1.165) is 21.6 Å². The lowest BCUT2D eigenvalue weighted by atomic mass is 10.1. The van der Waals surface area contributed by atoms with Crippen LogP contribution in [0.25, 0.3) is 6.08 Å². The van der Waals surface area contributed by atoms with Gasteiger partial charge in [-0.3, -0.25) is 14.5 Å². The first-order valence-electron chi connectivity index (χ1n) is 10.7. The van der Waals surface area contributed by atoms with E-state index in [-0.39, 0.29) is 18.2 Å². The van der Waals surface area contributed by atoms with Crippen molar-refractivity contribution in [3.8, 4) is 0 Å². The van der Waals surface area contributed by atoms with Crippen molar-refractivity contribution in [3.63, 3.8) is 0 Å². The van der Waals surface area contributed by atoms with Crippen molar-refractivity contribution in [2.45, 2.75) is 26.2 Å². The molecule has 2 heterocycles. The Bertz CT molecular complexity index is 1250. The zero-order valence-corrected chi connectivity index (χ0v) is 21.6. The number of thiazole rings is 1. The van der Waals surface area contributed by atoms with Crippen LogP contribution in [0.3, 0.4) is 0 Å². The third kappa shape index (κ3) is 6.33. The molecule has 0 spiro atoms. The molecule has 0 radical (unpaired) electrons. The second kappa shape index (κ2) is 11.3. The van der Waals surface area contributed by atoms with Gasteiger partial charge in [-0.1, -0.05) is 83.6 Å². The van der Waals surface area contributed by atoms with Gasteiger partial charge in [0.15, 0.2) is 5.13 Å². The lowest BCUT2D eigenvalue weighted by Crippen LogP contribution is -2.29. The largest absolute Gasteiger partial charge is 0.302 e. The molecule has 2 amide bonds. The minimum atomic E-state index is -0.140. The Morgan fingerprint density at radius 2 is 1.97 bits per heavy atom. The van der Waals surface area contributed by atoms with Gasteiger partial charge in [0.1, 0.15) is 4.32 Å². The van der Waals surface area contributed by atoms with Crippen LogP contribution in [0.15, 0.2) is 59.6 Å². The van der Waals surface area contributed by atoms with Crippen molar-refractivity contribution in [3.05, 3.63) is 86.2 Å². The van der Waals surface area contributed by atoms with E-state index >= 15 is 0 Å². The second-order valence-corrected chi connectivity index (χ2v) is 11.0. The molecule has 0 saturated carbocycles. The molecule has 3 aromatic rings. The molecule has 1 aliphatic heterocycles. The van der Waals surface area contributed by atoms with E-state index in [1.807, 2.05) is 61.5 Å². The number of amides is 2. The highest BCUT2D eigenvalue weighted by molar-refractivity contribution is 8.26. The fraction of sp³-hybridized carbons (Fsp3) is 0.200. The predicted molar refractivity (Wildman–Crippen MR) is 145 cm³/mol. The number of hydrogen-bond acceptors (Lipinski definition) is 6. The monoisotopic (exact) mass is 527 g/mol. The summed E-state index contributed by atoms with van der Waals surface area (Å²) in [7, 11) is 0. The highest BCUT2D eigenvalue weighted by atomic mass is 35.5. The third-order valence-corrected chi connectivity index (χ3v) is 7.82. The summed E-state index contributed by atoms with van der Waals surface area (Å²) in [6, 6.07) is 15.6. The maximum Gasteiger partial charge on any atom is 0.266 e. The minimum Gasteiger partial charge on any atom is -0.302 e. The molecule has 1 aromatic heterocycles. The number of aryl methyl sites for hydroxylation is 1. The summed E-state index contributed by atoms with van der Waals surface area (Å²) in [6.07, 6.45) is 5.05. The number of rotatable bonds is 8. The lowest BCUT2D eigenvalue weighted by Gasteiger charge is -2.13. The van der Waals surface area contributed by atoms with Crippen LogP contribution in [0.2, 0.25) is 5.02 Å². The SMILES string of the molecule is Cc1ccc(/C=C2\SC(=S)N(CCCC(=O)Nc3ncc(Cc4ccccc4Cl)s3)C2=O)cc1. The number of nitrogens with one attached hydrogen (secondary N) is 1. The molecule has 0 bridgehead atoms.